The Bertz CT molecular complexity index is 997. The lowest BCUT2D eigenvalue weighted by Gasteiger charge is -2.42. The minimum absolute atomic E-state index is 0.0564. The summed E-state index contributed by atoms with van der Waals surface area (Å²) in [5, 5.41) is 0.776. The van der Waals surface area contributed by atoms with Gasteiger partial charge in [0.05, 0.1) is 38.4 Å². The number of rotatable bonds is 8. The lowest BCUT2D eigenvalue weighted by atomic mass is 9.78. The Hall–Kier alpha value is -1.16. The molecule has 2 fully saturated rings. The Labute approximate surface area is 227 Å². The first-order valence-electron chi connectivity index (χ1n) is 12.2. The summed E-state index contributed by atoms with van der Waals surface area (Å²) in [7, 11) is -1.36. The maximum atomic E-state index is 13.3. The van der Waals surface area contributed by atoms with Crippen molar-refractivity contribution in [1.29, 1.82) is 0 Å². The molecule has 0 aromatic heterocycles. The molecule has 1 aromatic rings. The monoisotopic (exact) mass is 560 g/mol. The maximum Gasteiger partial charge on any atom is 0.254 e. The normalized spacial score (nSPS) is 25.9. The number of likely N-dealkylation sites (tertiary alicyclic amines) is 1. The molecular formula is C26H38Cl2N2O5S. The number of carbonyl (C=O) groups is 1. The van der Waals surface area contributed by atoms with Gasteiger partial charge in [0.1, 0.15) is 12.4 Å². The van der Waals surface area contributed by atoms with E-state index in [0.717, 1.165) is 5.56 Å². The molecule has 5 atom stereocenters. The Morgan fingerprint density at radius 2 is 2.03 bits per heavy atom. The highest BCUT2D eigenvalue weighted by molar-refractivity contribution is 7.84. The number of carbonyl (C=O) groups excluding carboxylic acids is 1. The molecule has 2 aliphatic rings. The van der Waals surface area contributed by atoms with Crippen LogP contribution in [0.3, 0.4) is 0 Å². The highest BCUT2D eigenvalue weighted by Crippen LogP contribution is 2.42. The fourth-order valence-electron chi connectivity index (χ4n) is 4.61. The summed E-state index contributed by atoms with van der Waals surface area (Å²) < 4.78 is 33.5. The first-order valence-corrected chi connectivity index (χ1v) is 14.2. The third-order valence-electron chi connectivity index (χ3n) is 6.53. The summed E-state index contributed by atoms with van der Waals surface area (Å²) >= 11 is 12.8. The number of hydrogen-bond donors (Lipinski definition) is 1. The molecule has 0 bridgehead atoms. The molecule has 0 saturated carbocycles. The third-order valence-corrected chi connectivity index (χ3v) is 8.83. The number of benzene rings is 1. The van der Waals surface area contributed by atoms with Gasteiger partial charge in [-0.2, -0.15) is 0 Å². The summed E-state index contributed by atoms with van der Waals surface area (Å²) in [6, 6.07) is 3.15. The number of ether oxygens (including phenoxy) is 3. The van der Waals surface area contributed by atoms with Crippen LogP contribution in [-0.2, 0) is 25.3 Å². The fourth-order valence-corrected chi connectivity index (χ4v) is 5.82. The van der Waals surface area contributed by atoms with Crippen LogP contribution in [-0.4, -0.2) is 58.0 Å². The molecule has 2 heterocycles. The van der Waals surface area contributed by atoms with Gasteiger partial charge in [0.25, 0.3) is 5.91 Å². The average Bonchev–Trinajstić information content (AvgIpc) is 3.16. The predicted molar refractivity (Wildman–Crippen MR) is 145 cm³/mol. The lowest BCUT2D eigenvalue weighted by molar-refractivity contribution is -0.162. The van der Waals surface area contributed by atoms with Crippen molar-refractivity contribution in [3.63, 3.8) is 0 Å². The van der Waals surface area contributed by atoms with Crippen LogP contribution < -0.4 is 9.46 Å². The highest BCUT2D eigenvalue weighted by atomic mass is 35.5. The number of halogens is 2. The molecule has 202 valence electrons. The third kappa shape index (κ3) is 7.03. The highest BCUT2D eigenvalue weighted by Gasteiger charge is 2.42. The van der Waals surface area contributed by atoms with E-state index in [1.807, 2.05) is 39.5 Å². The Morgan fingerprint density at radius 1 is 1.36 bits per heavy atom. The minimum Gasteiger partial charge on any atom is -0.489 e. The van der Waals surface area contributed by atoms with Gasteiger partial charge in [-0.3, -0.25) is 4.79 Å². The zero-order chi connectivity index (χ0) is 26.8. The minimum atomic E-state index is -1.36. The van der Waals surface area contributed by atoms with E-state index in [0.29, 0.717) is 41.9 Å². The second-order valence-electron chi connectivity index (χ2n) is 10.9. The molecule has 3 rings (SSSR count). The molecule has 1 N–H and O–H groups in total. The van der Waals surface area contributed by atoms with Gasteiger partial charge in [0.2, 0.25) is 0 Å². The van der Waals surface area contributed by atoms with Gasteiger partial charge in [-0.1, -0.05) is 42.8 Å². The van der Waals surface area contributed by atoms with E-state index in [-0.39, 0.29) is 30.4 Å². The number of hydrogen-bond acceptors (Lipinski definition) is 5. The summed E-state index contributed by atoms with van der Waals surface area (Å²) in [6.07, 6.45) is 1.76. The largest absolute Gasteiger partial charge is 0.489 e. The van der Waals surface area contributed by atoms with E-state index < -0.39 is 27.6 Å². The molecule has 2 aliphatic heterocycles. The maximum absolute atomic E-state index is 13.3. The molecule has 7 nitrogen and oxygen atoms in total. The number of nitrogens with one attached hydrogen (secondary N) is 1. The van der Waals surface area contributed by atoms with E-state index in [9.17, 15) is 9.00 Å². The Balaban J connectivity index is 1.89. The molecule has 1 aromatic carbocycles. The summed E-state index contributed by atoms with van der Waals surface area (Å²) in [5.41, 5.74) is 0.787. The number of amides is 1. The van der Waals surface area contributed by atoms with Gasteiger partial charge in [-0.05, 0) is 58.9 Å². The molecule has 0 spiro atoms. The van der Waals surface area contributed by atoms with Crippen molar-refractivity contribution in [2.24, 2.45) is 11.8 Å². The van der Waals surface area contributed by atoms with Crippen molar-refractivity contribution in [1.82, 2.24) is 9.62 Å². The van der Waals surface area contributed by atoms with Gasteiger partial charge in [0.15, 0.2) is 11.9 Å². The molecule has 0 aliphatic carbocycles. The van der Waals surface area contributed by atoms with Gasteiger partial charge < -0.3 is 19.1 Å². The number of piperidine rings is 1. The van der Waals surface area contributed by atoms with Crippen molar-refractivity contribution in [3.8, 4) is 5.75 Å². The molecule has 2 saturated heterocycles. The quantitative estimate of drug-likeness (QED) is 0.437. The van der Waals surface area contributed by atoms with Gasteiger partial charge in [0, 0.05) is 24.7 Å². The van der Waals surface area contributed by atoms with E-state index in [4.69, 9.17) is 37.4 Å². The molecule has 4 unspecified atom stereocenters. The molecular weight excluding hydrogens is 523 g/mol. The summed E-state index contributed by atoms with van der Waals surface area (Å²) in [5.74, 6) is -0.100. The zero-order valence-electron chi connectivity index (χ0n) is 21.9. The van der Waals surface area contributed by atoms with Gasteiger partial charge in [-0.25, -0.2) is 8.93 Å². The SMILES string of the molecule is C=CCOc1cc(Cl)c(Cl)cc1C(NS(=O)C(C)(C)C)C1CCN(C(=O)[C@H]2COC(C)(C)O2)CC1C. The average molecular weight is 562 g/mol. The van der Waals surface area contributed by atoms with E-state index in [1.165, 1.54) is 0 Å². The first kappa shape index (κ1) is 29.4. The molecule has 0 radical (unpaired) electrons. The van der Waals surface area contributed by atoms with Crippen LogP contribution >= 0.6 is 23.2 Å². The van der Waals surface area contributed by atoms with Crippen LogP contribution in [0.15, 0.2) is 24.8 Å². The first-order chi connectivity index (χ1) is 16.7. The van der Waals surface area contributed by atoms with Crippen molar-refractivity contribution in [2.45, 2.75) is 70.6 Å². The van der Waals surface area contributed by atoms with Crippen LogP contribution in [0.5, 0.6) is 5.75 Å². The smallest absolute Gasteiger partial charge is 0.254 e. The van der Waals surface area contributed by atoms with E-state index in [1.54, 1.807) is 18.2 Å². The van der Waals surface area contributed by atoms with Crippen LogP contribution in [0.2, 0.25) is 10.0 Å². The van der Waals surface area contributed by atoms with Crippen molar-refractivity contribution < 1.29 is 23.2 Å². The lowest BCUT2D eigenvalue weighted by Crippen LogP contribution is -2.50. The molecule has 10 heteroatoms. The zero-order valence-corrected chi connectivity index (χ0v) is 24.3. The van der Waals surface area contributed by atoms with E-state index in [2.05, 4.69) is 18.2 Å². The van der Waals surface area contributed by atoms with Gasteiger partial charge in [-0.15, -0.1) is 0 Å². The van der Waals surface area contributed by atoms with Crippen LogP contribution in [0, 0.1) is 11.8 Å². The van der Waals surface area contributed by atoms with Crippen LogP contribution in [0.25, 0.3) is 0 Å². The Morgan fingerprint density at radius 3 is 2.58 bits per heavy atom. The molecule has 1 amide bonds. The van der Waals surface area contributed by atoms with E-state index >= 15 is 0 Å². The Kier molecular flexibility index (Phi) is 9.56. The summed E-state index contributed by atoms with van der Waals surface area (Å²) in [4.78, 5) is 15.0. The van der Waals surface area contributed by atoms with Crippen molar-refractivity contribution in [2.75, 3.05) is 26.3 Å². The number of nitrogens with zero attached hydrogens (tertiary/aromatic N) is 1. The van der Waals surface area contributed by atoms with Gasteiger partial charge >= 0.3 is 0 Å². The molecule has 36 heavy (non-hydrogen) atoms. The summed E-state index contributed by atoms with van der Waals surface area (Å²) in [6.45, 7) is 16.9. The second-order valence-corrected chi connectivity index (χ2v) is 13.7. The van der Waals surface area contributed by atoms with Crippen molar-refractivity contribution in [3.05, 3.63) is 40.4 Å². The second kappa shape index (κ2) is 11.7. The van der Waals surface area contributed by atoms with Crippen molar-refractivity contribution >= 4 is 40.1 Å². The predicted octanol–water partition coefficient (Wildman–Crippen LogP) is 5.29. The van der Waals surface area contributed by atoms with Crippen LogP contribution in [0.1, 0.15) is 59.6 Å². The van der Waals surface area contributed by atoms with Crippen LogP contribution in [0.4, 0.5) is 0 Å². The fraction of sp³-hybridized carbons (Fsp3) is 0.654. The topological polar surface area (TPSA) is 77.1 Å². The standard InChI is InChI=1S/C26H38Cl2N2O5S/c1-8-11-33-21-13-20(28)19(27)12-18(21)23(29-36(32)25(3,4)5)17-9-10-30(14-16(17)2)24(31)22-15-34-26(6,7)35-22/h8,12-13,16-17,22-23,29H,1,9-11,14-15H2,2-7H3/t16?,17?,22-,23?,36?/m1/s1.